The van der Waals surface area contributed by atoms with E-state index in [4.69, 9.17) is 0 Å². The van der Waals surface area contributed by atoms with E-state index in [-0.39, 0.29) is 0 Å². The van der Waals surface area contributed by atoms with Crippen molar-refractivity contribution < 1.29 is 0 Å². The molecule has 0 bridgehead atoms. The SMILES string of the molecule is C=CC(C)=c1ccccc1=C. The quantitative estimate of drug-likeness (QED) is 0.559. The zero-order chi connectivity index (χ0) is 8.27. The van der Waals surface area contributed by atoms with Crippen LogP contribution in [0.25, 0.3) is 12.2 Å². The van der Waals surface area contributed by atoms with E-state index in [1.807, 2.05) is 31.2 Å². The summed E-state index contributed by atoms with van der Waals surface area (Å²) in [6.45, 7) is 9.67. The second-order valence-corrected chi connectivity index (χ2v) is 2.54. The second kappa shape index (κ2) is 3.20. The Hall–Kier alpha value is -1.30. The van der Waals surface area contributed by atoms with Crippen molar-refractivity contribution in [2.75, 3.05) is 0 Å². The Bertz CT molecular complexity index is 358. The van der Waals surface area contributed by atoms with Gasteiger partial charge in [-0.2, -0.15) is 0 Å². The van der Waals surface area contributed by atoms with Gasteiger partial charge in [-0.3, -0.25) is 0 Å². The molecule has 0 aromatic heterocycles. The second-order valence-electron chi connectivity index (χ2n) is 2.54. The monoisotopic (exact) mass is 144 g/mol. The third-order valence-corrected chi connectivity index (χ3v) is 1.75. The van der Waals surface area contributed by atoms with Crippen LogP contribution in [-0.4, -0.2) is 0 Å². The molecule has 0 saturated heterocycles. The van der Waals surface area contributed by atoms with Gasteiger partial charge < -0.3 is 0 Å². The normalized spacial score (nSPS) is 12.5. The van der Waals surface area contributed by atoms with E-state index in [0.717, 1.165) is 5.22 Å². The Morgan fingerprint density at radius 2 is 2.00 bits per heavy atom. The van der Waals surface area contributed by atoms with Crippen molar-refractivity contribution in [3.05, 3.63) is 47.4 Å². The lowest BCUT2D eigenvalue weighted by molar-refractivity contribution is 1.49. The van der Waals surface area contributed by atoms with Gasteiger partial charge >= 0.3 is 0 Å². The minimum Gasteiger partial charge on any atom is -0.0988 e. The molecule has 0 aliphatic heterocycles. The summed E-state index contributed by atoms with van der Waals surface area (Å²) < 4.78 is 0. The molecule has 0 spiro atoms. The fourth-order valence-corrected chi connectivity index (χ4v) is 1.01. The fourth-order valence-electron chi connectivity index (χ4n) is 1.01. The zero-order valence-corrected chi connectivity index (χ0v) is 6.80. The summed E-state index contributed by atoms with van der Waals surface area (Å²) in [5.74, 6) is 0. The molecule has 0 heterocycles. The molecule has 0 aliphatic carbocycles. The first kappa shape index (κ1) is 7.80. The predicted octanol–water partition coefficient (Wildman–Crippen LogP) is 1.45. The summed E-state index contributed by atoms with van der Waals surface area (Å²) in [5, 5.41) is 2.24. The summed E-state index contributed by atoms with van der Waals surface area (Å²) in [5.41, 5.74) is 1.18. The standard InChI is InChI=1S/C11H12/c1-4-9(2)11-8-6-5-7-10(11)3/h4-8H,1,3H2,2H3. The molecule has 0 saturated carbocycles. The maximum atomic E-state index is 3.92. The summed E-state index contributed by atoms with van der Waals surface area (Å²) in [6.07, 6.45) is 1.85. The summed E-state index contributed by atoms with van der Waals surface area (Å²) in [7, 11) is 0. The number of hydrogen-bond donors (Lipinski definition) is 0. The van der Waals surface area contributed by atoms with Gasteiger partial charge in [-0.25, -0.2) is 0 Å². The minimum atomic E-state index is 1.06. The molecule has 0 unspecified atom stereocenters. The molecule has 1 aromatic carbocycles. The molecule has 0 fully saturated rings. The number of hydrogen-bond acceptors (Lipinski definition) is 0. The van der Waals surface area contributed by atoms with Crippen LogP contribution >= 0.6 is 0 Å². The number of rotatable bonds is 1. The highest BCUT2D eigenvalue weighted by molar-refractivity contribution is 5.53. The van der Waals surface area contributed by atoms with Crippen LogP contribution in [0.3, 0.4) is 0 Å². The fraction of sp³-hybridized carbons (Fsp3) is 0.0909. The van der Waals surface area contributed by atoms with Crippen LogP contribution in [0, 0.1) is 0 Å². The lowest BCUT2D eigenvalue weighted by Gasteiger charge is -1.91. The Morgan fingerprint density at radius 3 is 2.55 bits per heavy atom. The predicted molar refractivity (Wildman–Crippen MR) is 50.5 cm³/mol. The minimum absolute atomic E-state index is 1.06. The van der Waals surface area contributed by atoms with E-state index in [9.17, 15) is 0 Å². The van der Waals surface area contributed by atoms with Crippen LogP contribution in [0.2, 0.25) is 0 Å². The van der Waals surface area contributed by atoms with E-state index in [1.54, 1.807) is 0 Å². The molecule has 0 radical (unpaired) electrons. The molecule has 0 amide bonds. The summed E-state index contributed by atoms with van der Waals surface area (Å²) in [6, 6.07) is 8.06. The Labute approximate surface area is 67.2 Å². The van der Waals surface area contributed by atoms with Gasteiger partial charge in [-0.1, -0.05) is 43.5 Å². The molecule has 1 rings (SSSR count). The number of allylic oxidation sites excluding steroid dienone is 1. The van der Waals surface area contributed by atoms with Crippen molar-refractivity contribution in [1.82, 2.24) is 0 Å². The Morgan fingerprint density at radius 1 is 1.36 bits per heavy atom. The van der Waals surface area contributed by atoms with Crippen LogP contribution in [-0.2, 0) is 0 Å². The van der Waals surface area contributed by atoms with Crippen LogP contribution in [0.1, 0.15) is 6.92 Å². The van der Waals surface area contributed by atoms with Crippen molar-refractivity contribution in [3.8, 4) is 0 Å². The lowest BCUT2D eigenvalue weighted by atomic mass is 10.1. The van der Waals surface area contributed by atoms with Gasteiger partial charge in [-0.05, 0) is 22.9 Å². The van der Waals surface area contributed by atoms with Gasteiger partial charge in [0.1, 0.15) is 0 Å². The first-order chi connectivity index (χ1) is 5.25. The largest absolute Gasteiger partial charge is 0.0988 e. The van der Waals surface area contributed by atoms with E-state index in [2.05, 4.69) is 19.2 Å². The van der Waals surface area contributed by atoms with Gasteiger partial charge in [0.25, 0.3) is 0 Å². The van der Waals surface area contributed by atoms with Crippen LogP contribution in [0.15, 0.2) is 36.9 Å². The Balaban J connectivity index is 3.59. The van der Waals surface area contributed by atoms with E-state index >= 15 is 0 Å². The van der Waals surface area contributed by atoms with E-state index in [0.29, 0.717) is 0 Å². The van der Waals surface area contributed by atoms with Gasteiger partial charge in [0.05, 0.1) is 0 Å². The van der Waals surface area contributed by atoms with E-state index < -0.39 is 0 Å². The van der Waals surface area contributed by atoms with Crippen molar-refractivity contribution in [1.29, 1.82) is 0 Å². The van der Waals surface area contributed by atoms with Gasteiger partial charge in [-0.15, -0.1) is 0 Å². The summed E-state index contributed by atoms with van der Waals surface area (Å²) in [4.78, 5) is 0. The molecule has 0 heteroatoms. The summed E-state index contributed by atoms with van der Waals surface area (Å²) >= 11 is 0. The maximum Gasteiger partial charge on any atom is -0.0161 e. The molecule has 0 aliphatic rings. The lowest BCUT2D eigenvalue weighted by Crippen LogP contribution is -2.23. The highest BCUT2D eigenvalue weighted by Gasteiger charge is 1.83. The third-order valence-electron chi connectivity index (χ3n) is 1.75. The first-order valence-electron chi connectivity index (χ1n) is 3.63. The molecule has 0 N–H and O–H groups in total. The molecular formula is C11H12. The molecule has 1 aromatic rings. The van der Waals surface area contributed by atoms with Crippen molar-refractivity contribution in [3.63, 3.8) is 0 Å². The van der Waals surface area contributed by atoms with Crippen molar-refractivity contribution in [2.24, 2.45) is 0 Å². The average Bonchev–Trinajstić information content (AvgIpc) is 2.04. The van der Waals surface area contributed by atoms with Crippen LogP contribution < -0.4 is 10.4 Å². The number of benzene rings is 1. The molecule has 11 heavy (non-hydrogen) atoms. The third kappa shape index (κ3) is 1.58. The maximum absolute atomic E-state index is 3.92. The highest BCUT2D eigenvalue weighted by Crippen LogP contribution is 1.87. The van der Waals surface area contributed by atoms with Gasteiger partial charge in [0, 0.05) is 0 Å². The van der Waals surface area contributed by atoms with E-state index in [1.165, 1.54) is 10.8 Å². The smallest absolute Gasteiger partial charge is 0.0161 e. The average molecular weight is 144 g/mol. The topological polar surface area (TPSA) is 0 Å². The van der Waals surface area contributed by atoms with Crippen LogP contribution in [0.5, 0.6) is 0 Å². The molecule has 0 atom stereocenters. The van der Waals surface area contributed by atoms with Gasteiger partial charge in [0.15, 0.2) is 0 Å². The van der Waals surface area contributed by atoms with Crippen molar-refractivity contribution >= 4 is 12.2 Å². The first-order valence-corrected chi connectivity index (χ1v) is 3.63. The zero-order valence-electron chi connectivity index (χ0n) is 6.80. The highest BCUT2D eigenvalue weighted by atomic mass is 13.9. The molecular weight excluding hydrogens is 132 g/mol. The molecule has 56 valence electrons. The Kier molecular flexibility index (Phi) is 2.27. The van der Waals surface area contributed by atoms with Gasteiger partial charge in [0.2, 0.25) is 0 Å². The van der Waals surface area contributed by atoms with Crippen molar-refractivity contribution in [2.45, 2.75) is 6.92 Å². The van der Waals surface area contributed by atoms with Crippen LogP contribution in [0.4, 0.5) is 0 Å². The molecule has 0 nitrogen and oxygen atoms in total.